The van der Waals surface area contributed by atoms with Crippen LogP contribution in [0.25, 0.3) is 0 Å². The summed E-state index contributed by atoms with van der Waals surface area (Å²) in [6.45, 7) is 28.2. The molecule has 0 heterocycles. The number of hydrogen-bond acceptors (Lipinski definition) is 1. The van der Waals surface area contributed by atoms with Gasteiger partial charge in [-0.3, -0.25) is 0 Å². The molecule has 0 rings (SSSR count). The predicted molar refractivity (Wildman–Crippen MR) is 131 cm³/mol. The summed E-state index contributed by atoms with van der Waals surface area (Å²) in [4.78, 5) is 7.25. The van der Waals surface area contributed by atoms with Gasteiger partial charge in [0.2, 0.25) is 0 Å². The Balaban J connectivity index is -0.0000000591. The standard InChI is InChI=1S/2C9H21P.2BrH.NO.Re/c2*1-7(2)10(8(3)4)9(5)6;;;1-2;/h2*7-9H,1-6H3;2*1H;;. The van der Waals surface area contributed by atoms with E-state index in [2.05, 4.69) is 83.1 Å². The van der Waals surface area contributed by atoms with Crippen LogP contribution in [0.1, 0.15) is 83.1 Å². The molecule has 0 atom stereocenters. The Kier molecular flexibility index (Phi) is 40.0. The molecule has 0 unspecified atom stereocenters. The molecule has 0 aliphatic carbocycles. The summed E-state index contributed by atoms with van der Waals surface area (Å²) in [5, 5.41) is 0. The molecule has 0 aromatic rings. The average Bonchev–Trinajstić information content (AvgIpc) is 2.28. The van der Waals surface area contributed by atoms with E-state index >= 15 is 0 Å². The van der Waals surface area contributed by atoms with Crippen LogP contribution in [-0.4, -0.2) is 34.0 Å². The Labute approximate surface area is 196 Å². The molecule has 2 nitrogen and oxygen atoms in total. The van der Waals surface area contributed by atoms with Crippen molar-refractivity contribution in [2.75, 3.05) is 0 Å². The van der Waals surface area contributed by atoms with Gasteiger partial charge in [-0.1, -0.05) is 98.9 Å². The summed E-state index contributed by atoms with van der Waals surface area (Å²) in [5.74, 6) is 0. The summed E-state index contributed by atoms with van der Waals surface area (Å²) < 4.78 is 0. The summed E-state index contributed by atoms with van der Waals surface area (Å²) in [6.07, 6.45) is 0. The van der Waals surface area contributed by atoms with E-state index in [1.54, 1.807) is 0 Å². The van der Waals surface area contributed by atoms with Gasteiger partial charge in [0.05, 0.1) is 0 Å². The molecule has 0 amide bonds. The fourth-order valence-corrected chi connectivity index (χ4v) is 10.7. The van der Waals surface area contributed by atoms with Crippen LogP contribution in [0.3, 0.4) is 0 Å². The molecule has 158 valence electrons. The second-order valence-electron chi connectivity index (χ2n) is 7.46. The van der Waals surface area contributed by atoms with Crippen LogP contribution in [-0.2, 0) is 20.4 Å². The Morgan fingerprint density at radius 1 is 0.440 bits per heavy atom. The number of halogens is 2. The van der Waals surface area contributed by atoms with Crippen LogP contribution in [0.15, 0.2) is 0 Å². The third kappa shape index (κ3) is 22.2. The molecule has 0 N–H and O–H groups in total. The maximum Gasteiger partial charge on any atom is 0.120 e. The Bertz CT molecular complexity index is 195. The van der Waals surface area contributed by atoms with Crippen LogP contribution in [0.4, 0.5) is 0 Å². The molecule has 2 radical (unpaired) electrons. The topological polar surface area (TPSA) is 39.4 Å². The third-order valence-electron chi connectivity index (χ3n) is 3.58. The zero-order valence-electron chi connectivity index (χ0n) is 18.4. The van der Waals surface area contributed by atoms with Crippen molar-refractivity contribution >= 4 is 49.8 Å². The maximum absolute atomic E-state index is 7.25. The summed E-state index contributed by atoms with van der Waals surface area (Å²) in [7, 11) is 0.525. The van der Waals surface area contributed by atoms with Crippen molar-refractivity contribution in [2.45, 2.75) is 117 Å². The fourth-order valence-electron chi connectivity index (χ4n) is 3.58. The van der Waals surface area contributed by atoms with E-state index in [0.717, 1.165) is 34.0 Å². The molecule has 0 spiro atoms. The molecule has 0 aromatic heterocycles. The van der Waals surface area contributed by atoms with Crippen molar-refractivity contribution < 1.29 is 20.4 Å². The monoisotopic (exact) mass is 697 g/mol. The Morgan fingerprint density at radius 2 is 0.520 bits per heavy atom. The molecule has 7 heteroatoms. The van der Waals surface area contributed by atoms with Gasteiger partial charge in [-0.2, -0.15) is 0 Å². The first-order chi connectivity index (χ1) is 9.93. The van der Waals surface area contributed by atoms with E-state index in [1.165, 1.54) is 0 Å². The van der Waals surface area contributed by atoms with Gasteiger partial charge in [-0.15, -0.1) is 38.9 Å². The van der Waals surface area contributed by atoms with Crippen molar-refractivity contribution in [3.8, 4) is 0 Å². The van der Waals surface area contributed by atoms with E-state index in [1.807, 2.05) is 0 Å². The first-order valence-corrected chi connectivity index (χ1v) is 11.8. The van der Waals surface area contributed by atoms with Crippen molar-refractivity contribution in [2.24, 2.45) is 0 Å². The molecule has 0 saturated heterocycles. The van der Waals surface area contributed by atoms with E-state index < -0.39 is 0 Å². The molecule has 0 aliphatic heterocycles. The van der Waals surface area contributed by atoms with E-state index in [0.29, 0.717) is 0 Å². The zero-order valence-corrected chi connectivity index (χ0v) is 26.3. The number of nitroso groups, excluding NO2 is 1. The van der Waals surface area contributed by atoms with Crippen LogP contribution in [0.2, 0.25) is 0 Å². The summed E-state index contributed by atoms with van der Waals surface area (Å²) >= 11 is 0. The van der Waals surface area contributed by atoms with Crippen LogP contribution in [0, 0.1) is 4.91 Å². The molecule has 0 aliphatic rings. The van der Waals surface area contributed by atoms with Gasteiger partial charge in [0.1, 0.15) is 5.59 Å². The van der Waals surface area contributed by atoms with Crippen LogP contribution >= 0.6 is 49.8 Å². The first-order valence-electron chi connectivity index (χ1n) is 8.66. The van der Waals surface area contributed by atoms with Crippen molar-refractivity contribution in [3.63, 3.8) is 0 Å². The molecule has 0 bridgehead atoms. The third-order valence-corrected chi connectivity index (χ3v) is 10.7. The van der Waals surface area contributed by atoms with Crippen molar-refractivity contribution in [1.82, 2.24) is 5.59 Å². The van der Waals surface area contributed by atoms with Gasteiger partial charge in [0.15, 0.2) is 0 Å². The smallest absolute Gasteiger partial charge is 0.120 e. The van der Waals surface area contributed by atoms with Gasteiger partial charge in [-0.05, 0) is 34.0 Å². The molecular weight excluding hydrogens is 654 g/mol. The minimum absolute atomic E-state index is 0. The second kappa shape index (κ2) is 24.1. The van der Waals surface area contributed by atoms with E-state index in [-0.39, 0.29) is 70.2 Å². The SMILES string of the molecule is Br.Br.CC(C)P(C(C)C)C(C)C.CC(C)P(C(C)C)C(C)C.[N]=O.[Re]. The molecular formula is C18H44Br2NOP2Re. The first kappa shape index (κ1) is 41.5. The van der Waals surface area contributed by atoms with E-state index in [4.69, 9.17) is 10.5 Å². The minimum Gasteiger partial charge on any atom is -0.120 e. The van der Waals surface area contributed by atoms with Crippen LogP contribution in [0.5, 0.6) is 0 Å². The maximum atomic E-state index is 7.25. The number of hydrogen-bond donors (Lipinski definition) is 0. The zero-order chi connectivity index (χ0) is 18.6. The van der Waals surface area contributed by atoms with Crippen LogP contribution < -0.4 is 5.59 Å². The molecule has 25 heavy (non-hydrogen) atoms. The predicted octanol–water partition coefficient (Wildman–Crippen LogP) is 8.09. The summed E-state index contributed by atoms with van der Waals surface area (Å²) in [5.41, 5.74) is 11.1. The Hall–Kier alpha value is 2.08. The van der Waals surface area contributed by atoms with Gasteiger partial charge in [0, 0.05) is 20.4 Å². The number of rotatable bonds is 6. The number of nitrogens with zero attached hydrogens (tertiary/aromatic N) is 1. The Morgan fingerprint density at radius 3 is 0.520 bits per heavy atom. The average molecular weight is 699 g/mol. The quantitative estimate of drug-likeness (QED) is 0.259. The molecule has 0 fully saturated rings. The normalized spacial score (nSPS) is 10.2. The molecule has 0 aromatic carbocycles. The molecule has 0 saturated carbocycles. The van der Waals surface area contributed by atoms with E-state index in [9.17, 15) is 0 Å². The van der Waals surface area contributed by atoms with Gasteiger partial charge in [0.25, 0.3) is 0 Å². The van der Waals surface area contributed by atoms with Gasteiger partial charge in [-0.25, -0.2) is 0 Å². The van der Waals surface area contributed by atoms with Crippen molar-refractivity contribution in [3.05, 3.63) is 4.91 Å². The second-order valence-corrected chi connectivity index (χ2v) is 15.4. The largest absolute Gasteiger partial charge is 0.120 e. The fraction of sp³-hybridized carbons (Fsp3) is 1.00. The van der Waals surface area contributed by atoms with Crippen molar-refractivity contribution in [1.29, 1.82) is 0 Å². The van der Waals surface area contributed by atoms with Gasteiger partial charge < -0.3 is 0 Å². The van der Waals surface area contributed by atoms with Gasteiger partial charge >= 0.3 is 0 Å². The summed E-state index contributed by atoms with van der Waals surface area (Å²) in [6, 6.07) is 0. The minimum atomic E-state index is 0.